The van der Waals surface area contributed by atoms with Crippen molar-refractivity contribution in [1.29, 1.82) is 0 Å². The molecule has 4 nitrogen and oxygen atoms in total. The van der Waals surface area contributed by atoms with Crippen LogP contribution < -0.4 is 5.73 Å². The molecule has 0 radical (unpaired) electrons. The number of aliphatic imine (C=N–C) groups is 1. The SMILES string of the molecule is COCCN=C(N)C1CSCCO1. The van der Waals surface area contributed by atoms with Gasteiger partial charge in [-0.3, -0.25) is 4.99 Å². The first kappa shape index (κ1) is 10.8. The van der Waals surface area contributed by atoms with Crippen molar-refractivity contribution < 1.29 is 9.47 Å². The third-order valence-electron chi connectivity index (χ3n) is 1.74. The van der Waals surface area contributed by atoms with E-state index in [0.29, 0.717) is 19.0 Å². The Morgan fingerprint density at radius 1 is 1.77 bits per heavy atom. The number of rotatable bonds is 4. The van der Waals surface area contributed by atoms with Crippen LogP contribution in [0.2, 0.25) is 0 Å². The first-order chi connectivity index (χ1) is 6.34. The predicted octanol–water partition coefficient (Wildman–Crippen LogP) is 0.122. The Kier molecular flexibility index (Phi) is 5.19. The van der Waals surface area contributed by atoms with Crippen LogP contribution in [-0.2, 0) is 9.47 Å². The quantitative estimate of drug-likeness (QED) is 0.401. The first-order valence-electron chi connectivity index (χ1n) is 4.32. The van der Waals surface area contributed by atoms with Gasteiger partial charge in [0.2, 0.25) is 0 Å². The summed E-state index contributed by atoms with van der Waals surface area (Å²) in [7, 11) is 1.65. The molecular formula is C8H16N2O2S. The number of amidine groups is 1. The van der Waals surface area contributed by atoms with Crippen molar-refractivity contribution >= 4 is 17.6 Å². The van der Waals surface area contributed by atoms with Crippen LogP contribution in [-0.4, -0.2) is 50.3 Å². The molecule has 1 aliphatic heterocycles. The van der Waals surface area contributed by atoms with Crippen LogP contribution in [0.3, 0.4) is 0 Å². The second-order valence-corrected chi connectivity index (χ2v) is 3.88. The normalized spacial score (nSPS) is 24.7. The van der Waals surface area contributed by atoms with Crippen LogP contribution in [0, 0.1) is 0 Å². The Morgan fingerprint density at radius 3 is 3.23 bits per heavy atom. The number of methoxy groups -OCH3 is 1. The molecule has 0 bridgehead atoms. The van der Waals surface area contributed by atoms with Gasteiger partial charge in [0.25, 0.3) is 0 Å². The van der Waals surface area contributed by atoms with E-state index in [0.717, 1.165) is 18.1 Å². The molecule has 0 amide bonds. The van der Waals surface area contributed by atoms with E-state index in [4.69, 9.17) is 15.2 Å². The zero-order chi connectivity index (χ0) is 9.52. The summed E-state index contributed by atoms with van der Waals surface area (Å²) in [5.41, 5.74) is 5.75. The largest absolute Gasteiger partial charge is 0.385 e. The Morgan fingerprint density at radius 2 is 2.62 bits per heavy atom. The number of hydrogen-bond donors (Lipinski definition) is 1. The molecule has 0 aromatic rings. The fraction of sp³-hybridized carbons (Fsp3) is 0.875. The maximum atomic E-state index is 5.75. The number of ether oxygens (including phenoxy) is 2. The fourth-order valence-electron chi connectivity index (χ4n) is 1.03. The summed E-state index contributed by atoms with van der Waals surface area (Å²) in [6, 6.07) is 0. The minimum absolute atomic E-state index is 0.00982. The van der Waals surface area contributed by atoms with Gasteiger partial charge in [0.1, 0.15) is 11.9 Å². The number of nitrogens with zero attached hydrogens (tertiary/aromatic N) is 1. The molecule has 5 heteroatoms. The van der Waals surface area contributed by atoms with Crippen LogP contribution in [0.1, 0.15) is 0 Å². The van der Waals surface area contributed by atoms with E-state index in [2.05, 4.69) is 4.99 Å². The summed E-state index contributed by atoms with van der Waals surface area (Å²) >= 11 is 1.85. The average molecular weight is 204 g/mol. The molecule has 2 N–H and O–H groups in total. The summed E-state index contributed by atoms with van der Waals surface area (Å²) in [4.78, 5) is 4.17. The molecule has 0 aromatic heterocycles. The lowest BCUT2D eigenvalue weighted by Crippen LogP contribution is -2.37. The van der Waals surface area contributed by atoms with Crippen LogP contribution in [0.5, 0.6) is 0 Å². The van der Waals surface area contributed by atoms with Crippen molar-refractivity contribution in [3.05, 3.63) is 0 Å². The lowest BCUT2D eigenvalue weighted by Gasteiger charge is -2.21. The average Bonchev–Trinajstić information content (AvgIpc) is 2.19. The first-order valence-corrected chi connectivity index (χ1v) is 5.48. The van der Waals surface area contributed by atoms with Crippen molar-refractivity contribution in [2.24, 2.45) is 10.7 Å². The van der Waals surface area contributed by atoms with Crippen molar-refractivity contribution in [1.82, 2.24) is 0 Å². The molecule has 1 rings (SSSR count). The van der Waals surface area contributed by atoms with Crippen LogP contribution in [0.15, 0.2) is 4.99 Å². The van der Waals surface area contributed by atoms with Gasteiger partial charge in [-0.1, -0.05) is 0 Å². The molecular weight excluding hydrogens is 188 g/mol. The Hall–Kier alpha value is -0.260. The molecule has 1 unspecified atom stereocenters. The van der Waals surface area contributed by atoms with E-state index in [1.165, 1.54) is 0 Å². The zero-order valence-electron chi connectivity index (χ0n) is 7.86. The maximum absolute atomic E-state index is 5.75. The summed E-state index contributed by atoms with van der Waals surface area (Å²) in [6.07, 6.45) is 0.00982. The lowest BCUT2D eigenvalue weighted by molar-refractivity contribution is 0.120. The molecule has 76 valence electrons. The highest BCUT2D eigenvalue weighted by molar-refractivity contribution is 7.99. The van der Waals surface area contributed by atoms with Gasteiger partial charge in [0, 0.05) is 18.6 Å². The minimum Gasteiger partial charge on any atom is -0.385 e. The molecule has 1 aliphatic rings. The van der Waals surface area contributed by atoms with Gasteiger partial charge in [-0.2, -0.15) is 11.8 Å². The van der Waals surface area contributed by atoms with E-state index >= 15 is 0 Å². The molecule has 0 aromatic carbocycles. The van der Waals surface area contributed by atoms with Crippen molar-refractivity contribution in [3.63, 3.8) is 0 Å². The molecule has 1 saturated heterocycles. The molecule has 1 fully saturated rings. The van der Waals surface area contributed by atoms with E-state index in [-0.39, 0.29) is 6.10 Å². The monoisotopic (exact) mass is 204 g/mol. The maximum Gasteiger partial charge on any atom is 0.124 e. The number of hydrogen-bond acceptors (Lipinski definition) is 4. The van der Waals surface area contributed by atoms with Crippen molar-refractivity contribution in [3.8, 4) is 0 Å². The second kappa shape index (κ2) is 6.23. The van der Waals surface area contributed by atoms with Gasteiger partial charge >= 0.3 is 0 Å². The van der Waals surface area contributed by atoms with Gasteiger partial charge in [-0.15, -0.1) is 0 Å². The minimum atomic E-state index is 0.00982. The molecule has 1 heterocycles. The molecule has 1 atom stereocenters. The Balaban J connectivity index is 2.27. The standard InChI is InChI=1S/C8H16N2O2S/c1-11-3-2-10-8(9)7-6-13-5-4-12-7/h7H,2-6H2,1H3,(H2,9,10). The number of thioether (sulfide) groups is 1. The highest BCUT2D eigenvalue weighted by Crippen LogP contribution is 2.12. The van der Waals surface area contributed by atoms with Gasteiger partial charge in [0.15, 0.2) is 0 Å². The van der Waals surface area contributed by atoms with Crippen LogP contribution >= 0.6 is 11.8 Å². The van der Waals surface area contributed by atoms with E-state index < -0.39 is 0 Å². The molecule has 13 heavy (non-hydrogen) atoms. The highest BCUT2D eigenvalue weighted by Gasteiger charge is 2.17. The lowest BCUT2D eigenvalue weighted by atomic mass is 10.3. The summed E-state index contributed by atoms with van der Waals surface area (Å²) in [6.45, 7) is 2.00. The molecule has 0 aliphatic carbocycles. The van der Waals surface area contributed by atoms with E-state index in [9.17, 15) is 0 Å². The molecule has 0 spiro atoms. The van der Waals surface area contributed by atoms with Crippen LogP contribution in [0.25, 0.3) is 0 Å². The third-order valence-corrected chi connectivity index (χ3v) is 2.73. The summed E-state index contributed by atoms with van der Waals surface area (Å²) in [5.74, 6) is 2.58. The zero-order valence-corrected chi connectivity index (χ0v) is 8.68. The van der Waals surface area contributed by atoms with E-state index in [1.54, 1.807) is 7.11 Å². The van der Waals surface area contributed by atoms with Crippen molar-refractivity contribution in [2.45, 2.75) is 6.10 Å². The highest BCUT2D eigenvalue weighted by atomic mass is 32.2. The summed E-state index contributed by atoms with van der Waals surface area (Å²) < 4.78 is 10.3. The smallest absolute Gasteiger partial charge is 0.124 e. The Labute approximate surface area is 82.9 Å². The second-order valence-electron chi connectivity index (χ2n) is 2.73. The third kappa shape index (κ3) is 3.97. The topological polar surface area (TPSA) is 56.8 Å². The molecule has 0 saturated carbocycles. The Bertz CT molecular complexity index is 170. The summed E-state index contributed by atoms with van der Waals surface area (Å²) in [5, 5.41) is 0. The van der Waals surface area contributed by atoms with E-state index in [1.807, 2.05) is 11.8 Å². The van der Waals surface area contributed by atoms with Gasteiger partial charge in [-0.25, -0.2) is 0 Å². The van der Waals surface area contributed by atoms with Gasteiger partial charge in [0.05, 0.1) is 19.8 Å². The van der Waals surface area contributed by atoms with Crippen molar-refractivity contribution in [2.75, 3.05) is 38.4 Å². The fourth-order valence-corrected chi connectivity index (χ4v) is 1.89. The van der Waals surface area contributed by atoms with Gasteiger partial charge in [-0.05, 0) is 0 Å². The van der Waals surface area contributed by atoms with Crippen LogP contribution in [0.4, 0.5) is 0 Å². The van der Waals surface area contributed by atoms with Gasteiger partial charge < -0.3 is 15.2 Å². The predicted molar refractivity (Wildman–Crippen MR) is 55.4 cm³/mol. The number of nitrogens with two attached hydrogens (primary N) is 1.